The molecule has 0 bridgehead atoms. The van der Waals surface area contributed by atoms with E-state index in [1.807, 2.05) is 0 Å². The van der Waals surface area contributed by atoms with E-state index < -0.39 is 5.82 Å². The number of aliphatic hydroxyl groups is 1. The van der Waals surface area contributed by atoms with Crippen LogP contribution in [-0.4, -0.2) is 11.7 Å². The lowest BCUT2D eigenvalue weighted by Crippen LogP contribution is -2.22. The lowest BCUT2D eigenvalue weighted by Gasteiger charge is -2.25. The van der Waals surface area contributed by atoms with Gasteiger partial charge in [0.25, 0.3) is 0 Å². The first-order valence-corrected chi connectivity index (χ1v) is 4.54. The van der Waals surface area contributed by atoms with Crippen LogP contribution in [0.1, 0.15) is 23.6 Å². The van der Waals surface area contributed by atoms with Crippen LogP contribution in [0.2, 0.25) is 0 Å². The first-order valence-electron chi connectivity index (χ1n) is 4.54. The van der Waals surface area contributed by atoms with Crippen molar-refractivity contribution in [1.29, 1.82) is 0 Å². The zero-order chi connectivity index (χ0) is 10.1. The molecule has 1 aliphatic rings. The van der Waals surface area contributed by atoms with E-state index in [4.69, 9.17) is 15.6 Å². The van der Waals surface area contributed by atoms with Crippen molar-refractivity contribution in [3.63, 3.8) is 0 Å². The molecule has 1 aromatic rings. The molecule has 0 radical (unpaired) electrons. The van der Waals surface area contributed by atoms with Crippen LogP contribution in [-0.2, 0) is 6.61 Å². The van der Waals surface area contributed by atoms with Gasteiger partial charge in [-0.15, -0.1) is 0 Å². The van der Waals surface area contributed by atoms with E-state index in [0.717, 1.165) is 0 Å². The highest BCUT2D eigenvalue weighted by atomic mass is 19.1. The smallest absolute Gasteiger partial charge is 0.129 e. The fraction of sp³-hybridized carbons (Fsp3) is 0.400. The van der Waals surface area contributed by atoms with E-state index in [0.29, 0.717) is 24.3 Å². The average Bonchev–Trinajstić information content (AvgIpc) is 2.19. The molecule has 1 aliphatic heterocycles. The van der Waals surface area contributed by atoms with Gasteiger partial charge in [-0.1, -0.05) is 0 Å². The summed E-state index contributed by atoms with van der Waals surface area (Å²) in [7, 11) is 0. The average molecular weight is 197 g/mol. The second-order valence-electron chi connectivity index (χ2n) is 3.34. The Morgan fingerprint density at radius 3 is 3.07 bits per heavy atom. The van der Waals surface area contributed by atoms with E-state index in [1.165, 1.54) is 6.07 Å². The van der Waals surface area contributed by atoms with Crippen LogP contribution < -0.4 is 10.5 Å². The number of benzene rings is 1. The van der Waals surface area contributed by atoms with Gasteiger partial charge in [0.2, 0.25) is 0 Å². The predicted octanol–water partition coefficient (Wildman–Crippen LogP) is 1.10. The van der Waals surface area contributed by atoms with Gasteiger partial charge in [-0.2, -0.15) is 0 Å². The van der Waals surface area contributed by atoms with Crippen molar-refractivity contribution in [3.05, 3.63) is 29.1 Å². The second-order valence-corrected chi connectivity index (χ2v) is 3.34. The van der Waals surface area contributed by atoms with Crippen LogP contribution >= 0.6 is 0 Å². The Morgan fingerprint density at radius 2 is 2.36 bits per heavy atom. The molecule has 0 aliphatic carbocycles. The molecule has 0 saturated carbocycles. The summed E-state index contributed by atoms with van der Waals surface area (Å²) in [4.78, 5) is 0. The Morgan fingerprint density at radius 1 is 1.57 bits per heavy atom. The number of rotatable bonds is 1. The van der Waals surface area contributed by atoms with Crippen LogP contribution in [0.15, 0.2) is 12.1 Å². The Hall–Kier alpha value is -1.13. The monoisotopic (exact) mass is 197 g/mol. The molecule has 1 unspecified atom stereocenters. The van der Waals surface area contributed by atoms with Gasteiger partial charge in [-0.3, -0.25) is 0 Å². The summed E-state index contributed by atoms with van der Waals surface area (Å²) in [6, 6.07) is 2.61. The molecule has 0 aromatic heterocycles. The molecular formula is C10H12FNO2. The van der Waals surface area contributed by atoms with Crippen molar-refractivity contribution >= 4 is 0 Å². The number of fused-ring (bicyclic) bond motifs is 1. The minimum Gasteiger partial charge on any atom is -0.493 e. The largest absolute Gasteiger partial charge is 0.493 e. The highest BCUT2D eigenvalue weighted by Crippen LogP contribution is 2.34. The SMILES string of the molecule is NC1CCOc2ccc(F)c(CO)c21. The summed E-state index contributed by atoms with van der Waals surface area (Å²) in [5.41, 5.74) is 6.70. The normalized spacial score (nSPS) is 20.1. The van der Waals surface area contributed by atoms with Gasteiger partial charge >= 0.3 is 0 Å². The third-order valence-electron chi connectivity index (χ3n) is 2.48. The zero-order valence-electron chi connectivity index (χ0n) is 7.66. The first kappa shape index (κ1) is 9.43. The van der Waals surface area contributed by atoms with Crippen molar-refractivity contribution in [3.8, 4) is 5.75 Å². The molecule has 76 valence electrons. The van der Waals surface area contributed by atoms with Gasteiger partial charge in [0.15, 0.2) is 0 Å². The van der Waals surface area contributed by atoms with Crippen LogP contribution in [0.5, 0.6) is 5.75 Å². The number of ether oxygens (including phenoxy) is 1. The molecule has 0 amide bonds. The summed E-state index contributed by atoms with van der Waals surface area (Å²) in [6.07, 6.45) is 0.656. The third kappa shape index (κ3) is 1.36. The topological polar surface area (TPSA) is 55.5 Å². The number of nitrogens with two attached hydrogens (primary N) is 1. The highest BCUT2D eigenvalue weighted by Gasteiger charge is 2.23. The van der Waals surface area contributed by atoms with Crippen molar-refractivity contribution in [2.75, 3.05) is 6.61 Å². The fourth-order valence-corrected chi connectivity index (χ4v) is 1.75. The summed E-state index contributed by atoms with van der Waals surface area (Å²) in [5.74, 6) is 0.168. The lowest BCUT2D eigenvalue weighted by molar-refractivity contribution is 0.249. The van der Waals surface area contributed by atoms with Crippen molar-refractivity contribution < 1.29 is 14.2 Å². The van der Waals surface area contributed by atoms with E-state index >= 15 is 0 Å². The molecule has 3 N–H and O–H groups in total. The second kappa shape index (κ2) is 3.55. The van der Waals surface area contributed by atoms with Gasteiger partial charge < -0.3 is 15.6 Å². The van der Waals surface area contributed by atoms with Gasteiger partial charge in [-0.05, 0) is 12.1 Å². The number of hydrogen-bond donors (Lipinski definition) is 2. The predicted molar refractivity (Wildman–Crippen MR) is 49.4 cm³/mol. The first-order chi connectivity index (χ1) is 6.74. The maximum absolute atomic E-state index is 13.3. The molecule has 2 rings (SSSR count). The maximum Gasteiger partial charge on any atom is 0.129 e. The molecule has 1 heterocycles. The summed E-state index contributed by atoms with van der Waals surface area (Å²) < 4.78 is 18.6. The standard InChI is InChI=1S/C10H12FNO2/c11-7-1-2-9-10(6(7)5-13)8(12)3-4-14-9/h1-2,8,13H,3-5,12H2. The quantitative estimate of drug-likeness (QED) is 0.708. The molecule has 14 heavy (non-hydrogen) atoms. The number of hydrogen-bond acceptors (Lipinski definition) is 3. The van der Waals surface area contributed by atoms with E-state index in [-0.39, 0.29) is 18.2 Å². The van der Waals surface area contributed by atoms with Gasteiger partial charge in [0.1, 0.15) is 11.6 Å². The Kier molecular flexibility index (Phi) is 2.39. The minimum absolute atomic E-state index is 0.239. The highest BCUT2D eigenvalue weighted by molar-refractivity contribution is 5.44. The Balaban J connectivity index is 2.57. The van der Waals surface area contributed by atoms with Crippen molar-refractivity contribution in [1.82, 2.24) is 0 Å². The number of halogens is 1. The summed E-state index contributed by atoms with van der Waals surface area (Å²) in [5, 5.41) is 9.04. The molecular weight excluding hydrogens is 185 g/mol. The molecule has 1 aromatic carbocycles. The van der Waals surface area contributed by atoms with E-state index in [2.05, 4.69) is 0 Å². The molecule has 0 saturated heterocycles. The fourth-order valence-electron chi connectivity index (χ4n) is 1.75. The minimum atomic E-state index is -0.424. The zero-order valence-corrected chi connectivity index (χ0v) is 7.66. The van der Waals surface area contributed by atoms with Crippen LogP contribution in [0.3, 0.4) is 0 Å². The molecule has 1 atom stereocenters. The van der Waals surface area contributed by atoms with Crippen LogP contribution in [0, 0.1) is 5.82 Å². The van der Waals surface area contributed by atoms with Gasteiger partial charge in [0.05, 0.1) is 13.2 Å². The third-order valence-corrected chi connectivity index (χ3v) is 2.48. The van der Waals surface area contributed by atoms with E-state index in [1.54, 1.807) is 6.07 Å². The molecule has 0 fully saturated rings. The van der Waals surface area contributed by atoms with Crippen LogP contribution in [0.25, 0.3) is 0 Å². The Bertz CT molecular complexity index is 354. The van der Waals surface area contributed by atoms with Gasteiger partial charge in [0, 0.05) is 23.6 Å². The van der Waals surface area contributed by atoms with Crippen LogP contribution in [0.4, 0.5) is 4.39 Å². The van der Waals surface area contributed by atoms with Crippen molar-refractivity contribution in [2.24, 2.45) is 5.73 Å². The lowest BCUT2D eigenvalue weighted by atomic mass is 9.96. The molecule has 3 nitrogen and oxygen atoms in total. The Labute approximate surface area is 81.3 Å². The number of aliphatic hydroxyl groups excluding tert-OH is 1. The van der Waals surface area contributed by atoms with Crippen molar-refractivity contribution in [2.45, 2.75) is 19.1 Å². The molecule has 0 spiro atoms. The summed E-state index contributed by atoms with van der Waals surface area (Å²) in [6.45, 7) is 0.205. The maximum atomic E-state index is 13.3. The van der Waals surface area contributed by atoms with Gasteiger partial charge in [-0.25, -0.2) is 4.39 Å². The molecule has 4 heteroatoms. The van der Waals surface area contributed by atoms with E-state index in [9.17, 15) is 4.39 Å². The summed E-state index contributed by atoms with van der Waals surface area (Å²) >= 11 is 0.